The Morgan fingerprint density at radius 1 is 1.08 bits per heavy atom. The topological polar surface area (TPSA) is 80.5 Å². The molecule has 0 spiro atoms. The van der Waals surface area contributed by atoms with Crippen LogP contribution in [0.2, 0.25) is 10.0 Å². The summed E-state index contributed by atoms with van der Waals surface area (Å²) in [5.74, 6) is -0.577. The molecule has 126 valence electrons. The Morgan fingerprint density at radius 3 is 2.48 bits per heavy atom. The number of anilines is 1. The molecule has 3 rings (SSSR count). The molecule has 25 heavy (non-hydrogen) atoms. The number of carbonyl (C=O) groups excluding carboxylic acids is 2. The molecule has 9 heteroatoms. The summed E-state index contributed by atoms with van der Waals surface area (Å²) in [6, 6.07) is 10.4. The first-order valence-corrected chi connectivity index (χ1v) is 8.42. The van der Waals surface area contributed by atoms with Crippen LogP contribution in [0.1, 0.15) is 5.56 Å². The van der Waals surface area contributed by atoms with Crippen LogP contribution < -0.4 is 4.90 Å². The molecule has 1 aliphatic heterocycles. The van der Waals surface area contributed by atoms with E-state index in [-0.39, 0.29) is 26.9 Å². The fraction of sp³-hybridized carbons (Fsp3) is 0. The Bertz CT molecular complexity index is 945. The molecule has 1 heterocycles. The molecule has 6 nitrogen and oxygen atoms in total. The van der Waals surface area contributed by atoms with Crippen LogP contribution in [0.25, 0.3) is 6.08 Å². The van der Waals surface area contributed by atoms with Crippen LogP contribution in [0, 0.1) is 10.1 Å². The van der Waals surface area contributed by atoms with E-state index in [0.717, 1.165) is 4.90 Å². The number of nitrogens with zero attached hydrogens (tertiary/aromatic N) is 2. The van der Waals surface area contributed by atoms with Crippen molar-refractivity contribution in [2.45, 2.75) is 0 Å². The number of thioether (sulfide) groups is 1. The molecule has 0 aliphatic carbocycles. The molecular weight excluding hydrogens is 387 g/mol. The predicted octanol–water partition coefficient (Wildman–Crippen LogP) is 5.14. The molecule has 2 aromatic rings. The van der Waals surface area contributed by atoms with Gasteiger partial charge in [-0.05, 0) is 42.1 Å². The number of carbonyl (C=O) groups is 2. The maximum Gasteiger partial charge on any atom is 0.298 e. The summed E-state index contributed by atoms with van der Waals surface area (Å²) in [5.41, 5.74) is 0.374. The van der Waals surface area contributed by atoms with E-state index >= 15 is 0 Å². The molecule has 0 N–H and O–H groups in total. The summed E-state index contributed by atoms with van der Waals surface area (Å²) in [6.45, 7) is 0. The van der Waals surface area contributed by atoms with Crippen LogP contribution in [-0.4, -0.2) is 16.1 Å². The summed E-state index contributed by atoms with van der Waals surface area (Å²) in [7, 11) is 0. The van der Waals surface area contributed by atoms with E-state index < -0.39 is 16.1 Å². The van der Waals surface area contributed by atoms with Gasteiger partial charge in [0.25, 0.3) is 16.8 Å². The molecule has 1 saturated heterocycles. The highest BCUT2D eigenvalue weighted by Gasteiger charge is 2.36. The highest BCUT2D eigenvalue weighted by molar-refractivity contribution is 8.19. The number of nitro benzene ring substituents is 1. The van der Waals surface area contributed by atoms with Gasteiger partial charge in [-0.15, -0.1) is 0 Å². The first-order valence-electron chi connectivity index (χ1n) is 6.85. The maximum atomic E-state index is 12.6. The van der Waals surface area contributed by atoms with Gasteiger partial charge >= 0.3 is 0 Å². The summed E-state index contributed by atoms with van der Waals surface area (Å²) in [5, 5.41) is 11.1. The zero-order valence-corrected chi connectivity index (χ0v) is 14.6. The second-order valence-corrected chi connectivity index (χ2v) is 6.74. The second-order valence-electron chi connectivity index (χ2n) is 4.93. The predicted molar refractivity (Wildman–Crippen MR) is 98.0 cm³/mol. The van der Waals surface area contributed by atoms with E-state index in [1.165, 1.54) is 42.5 Å². The molecule has 0 atom stereocenters. The first kappa shape index (κ1) is 17.5. The Kier molecular flexibility index (Phi) is 4.80. The van der Waals surface area contributed by atoms with E-state index in [2.05, 4.69) is 0 Å². The van der Waals surface area contributed by atoms with Crippen LogP contribution in [-0.2, 0) is 4.79 Å². The van der Waals surface area contributed by atoms with Crippen molar-refractivity contribution < 1.29 is 14.5 Å². The zero-order chi connectivity index (χ0) is 18.1. The molecule has 0 unspecified atom stereocenters. The number of halogens is 2. The summed E-state index contributed by atoms with van der Waals surface area (Å²) < 4.78 is 0. The van der Waals surface area contributed by atoms with Gasteiger partial charge in [0, 0.05) is 6.07 Å². The standard InChI is InChI=1S/C16H8Cl2N2O4S/c17-11-6-5-10(8-12(11)18)19-15(21)14(25-16(19)22)7-9-3-1-2-4-13(9)20(23)24/h1-8H/b14-7-. The van der Waals surface area contributed by atoms with E-state index in [1.807, 2.05) is 0 Å². The molecule has 2 amide bonds. The lowest BCUT2D eigenvalue weighted by Gasteiger charge is -2.13. The average Bonchev–Trinajstić information content (AvgIpc) is 2.84. The Labute approximate surface area is 156 Å². The lowest BCUT2D eigenvalue weighted by atomic mass is 10.1. The van der Waals surface area contributed by atoms with Gasteiger partial charge in [0.1, 0.15) is 0 Å². The van der Waals surface area contributed by atoms with Crippen molar-refractivity contribution in [2.24, 2.45) is 0 Å². The Morgan fingerprint density at radius 2 is 1.80 bits per heavy atom. The van der Waals surface area contributed by atoms with Gasteiger partial charge in [-0.1, -0.05) is 35.3 Å². The van der Waals surface area contributed by atoms with Crippen LogP contribution in [0.4, 0.5) is 16.2 Å². The van der Waals surface area contributed by atoms with Crippen molar-refractivity contribution in [3.63, 3.8) is 0 Å². The fourth-order valence-corrected chi connectivity index (χ4v) is 3.36. The third-order valence-electron chi connectivity index (χ3n) is 3.38. The molecule has 0 bridgehead atoms. The summed E-state index contributed by atoms with van der Waals surface area (Å²) in [6.07, 6.45) is 1.33. The molecule has 0 radical (unpaired) electrons. The number of benzene rings is 2. The van der Waals surface area contributed by atoms with Crippen molar-refractivity contribution >= 4 is 63.6 Å². The van der Waals surface area contributed by atoms with Crippen LogP contribution in [0.15, 0.2) is 47.4 Å². The van der Waals surface area contributed by atoms with Gasteiger partial charge in [-0.25, -0.2) is 4.90 Å². The second kappa shape index (κ2) is 6.87. The zero-order valence-electron chi connectivity index (χ0n) is 12.3. The number of para-hydroxylation sites is 1. The maximum absolute atomic E-state index is 12.6. The molecular formula is C16H8Cl2N2O4S. The lowest BCUT2D eigenvalue weighted by molar-refractivity contribution is -0.385. The largest absolute Gasteiger partial charge is 0.298 e. The average molecular weight is 395 g/mol. The smallest absolute Gasteiger partial charge is 0.268 e. The monoisotopic (exact) mass is 394 g/mol. The SMILES string of the molecule is O=C1S/C(=C\c2ccccc2[N+](=O)[O-])C(=O)N1c1ccc(Cl)c(Cl)c1. The highest BCUT2D eigenvalue weighted by Crippen LogP contribution is 2.38. The lowest BCUT2D eigenvalue weighted by Crippen LogP contribution is -2.27. The van der Waals surface area contributed by atoms with Gasteiger partial charge < -0.3 is 0 Å². The van der Waals surface area contributed by atoms with Crippen LogP contribution in [0.5, 0.6) is 0 Å². The number of hydrogen-bond donors (Lipinski definition) is 0. The van der Waals surface area contributed by atoms with E-state index in [0.29, 0.717) is 16.8 Å². The van der Waals surface area contributed by atoms with Gasteiger partial charge in [0.2, 0.25) is 0 Å². The van der Waals surface area contributed by atoms with Crippen molar-refractivity contribution in [2.75, 3.05) is 4.90 Å². The van der Waals surface area contributed by atoms with Crippen LogP contribution in [0.3, 0.4) is 0 Å². The number of hydrogen-bond acceptors (Lipinski definition) is 5. The minimum absolute atomic E-state index is 0.0883. The van der Waals surface area contributed by atoms with Gasteiger partial charge in [-0.2, -0.15) is 0 Å². The van der Waals surface area contributed by atoms with Crippen LogP contribution >= 0.6 is 35.0 Å². The molecule has 1 aliphatic rings. The molecule has 0 saturated carbocycles. The van der Waals surface area contributed by atoms with E-state index in [4.69, 9.17) is 23.2 Å². The Hall–Kier alpha value is -2.35. The van der Waals surface area contributed by atoms with Crippen molar-refractivity contribution in [3.8, 4) is 0 Å². The number of nitro groups is 1. The van der Waals surface area contributed by atoms with E-state index in [9.17, 15) is 19.7 Å². The van der Waals surface area contributed by atoms with Crippen molar-refractivity contribution in [1.82, 2.24) is 0 Å². The number of imide groups is 1. The third kappa shape index (κ3) is 3.39. The van der Waals surface area contributed by atoms with E-state index in [1.54, 1.807) is 6.07 Å². The quantitative estimate of drug-likeness (QED) is 0.408. The summed E-state index contributed by atoms with van der Waals surface area (Å²) in [4.78, 5) is 36.4. The van der Waals surface area contributed by atoms with Crippen molar-refractivity contribution in [3.05, 3.63) is 73.1 Å². The van der Waals surface area contributed by atoms with Gasteiger partial charge in [-0.3, -0.25) is 19.7 Å². The molecule has 1 fully saturated rings. The third-order valence-corrected chi connectivity index (χ3v) is 4.98. The Balaban J connectivity index is 1.99. The van der Waals surface area contributed by atoms with Crippen molar-refractivity contribution in [1.29, 1.82) is 0 Å². The normalized spacial score (nSPS) is 15.9. The fourth-order valence-electron chi connectivity index (χ4n) is 2.23. The minimum atomic E-state index is -0.577. The highest BCUT2D eigenvalue weighted by atomic mass is 35.5. The molecule has 2 aromatic carbocycles. The number of amides is 2. The summed E-state index contributed by atoms with van der Waals surface area (Å²) >= 11 is 12.5. The first-order chi connectivity index (χ1) is 11.9. The minimum Gasteiger partial charge on any atom is -0.268 e. The molecule has 0 aromatic heterocycles. The number of rotatable bonds is 3. The van der Waals surface area contributed by atoms with Gasteiger partial charge in [0.15, 0.2) is 0 Å². The van der Waals surface area contributed by atoms with Gasteiger partial charge in [0.05, 0.1) is 31.1 Å².